The molecule has 2 aromatic carbocycles. The SMILES string of the molecule is CNC(c1ccc(SC)cc1)c1ccc(F)cc1F. The minimum absolute atomic E-state index is 0.281. The molecule has 1 N–H and O–H groups in total. The molecule has 1 nitrogen and oxygen atoms in total. The van der Waals surface area contributed by atoms with Gasteiger partial charge in [-0.25, -0.2) is 8.78 Å². The van der Waals surface area contributed by atoms with E-state index >= 15 is 0 Å². The summed E-state index contributed by atoms with van der Waals surface area (Å²) in [6, 6.07) is 11.3. The van der Waals surface area contributed by atoms with Crippen LogP contribution in [0.4, 0.5) is 8.78 Å². The Morgan fingerprint density at radius 2 is 1.74 bits per heavy atom. The number of rotatable bonds is 4. The van der Waals surface area contributed by atoms with E-state index < -0.39 is 11.6 Å². The largest absolute Gasteiger partial charge is 0.309 e. The van der Waals surface area contributed by atoms with Gasteiger partial charge in [0.2, 0.25) is 0 Å². The van der Waals surface area contributed by atoms with E-state index in [0.717, 1.165) is 16.5 Å². The Balaban J connectivity index is 2.37. The van der Waals surface area contributed by atoms with Gasteiger partial charge in [-0.15, -0.1) is 11.8 Å². The van der Waals surface area contributed by atoms with Crippen molar-refractivity contribution in [2.45, 2.75) is 10.9 Å². The maximum Gasteiger partial charge on any atom is 0.131 e. The molecule has 0 aliphatic rings. The lowest BCUT2D eigenvalue weighted by Crippen LogP contribution is -2.19. The fraction of sp³-hybridized carbons (Fsp3) is 0.200. The highest BCUT2D eigenvalue weighted by atomic mass is 32.2. The predicted octanol–water partition coefficient (Wildman–Crippen LogP) is 4.00. The Hall–Kier alpha value is -1.39. The van der Waals surface area contributed by atoms with Crippen molar-refractivity contribution >= 4 is 11.8 Å². The molecule has 19 heavy (non-hydrogen) atoms. The van der Waals surface area contributed by atoms with Crippen molar-refractivity contribution in [3.63, 3.8) is 0 Å². The van der Waals surface area contributed by atoms with Crippen LogP contribution in [0.3, 0.4) is 0 Å². The van der Waals surface area contributed by atoms with E-state index in [2.05, 4.69) is 5.32 Å². The molecule has 0 saturated carbocycles. The van der Waals surface area contributed by atoms with Crippen LogP contribution in [-0.4, -0.2) is 13.3 Å². The van der Waals surface area contributed by atoms with E-state index in [1.54, 1.807) is 18.8 Å². The van der Waals surface area contributed by atoms with Crippen molar-refractivity contribution in [1.29, 1.82) is 0 Å². The maximum absolute atomic E-state index is 13.8. The summed E-state index contributed by atoms with van der Waals surface area (Å²) in [5.41, 5.74) is 1.40. The van der Waals surface area contributed by atoms with Crippen LogP contribution in [0.2, 0.25) is 0 Å². The van der Waals surface area contributed by atoms with Crippen molar-refractivity contribution in [3.05, 3.63) is 65.2 Å². The molecule has 0 spiro atoms. The van der Waals surface area contributed by atoms with E-state index in [4.69, 9.17) is 0 Å². The first kappa shape index (κ1) is 14.0. The lowest BCUT2D eigenvalue weighted by molar-refractivity contribution is 0.551. The number of hydrogen-bond donors (Lipinski definition) is 1. The molecular weight excluding hydrogens is 264 g/mol. The van der Waals surface area contributed by atoms with Gasteiger partial charge in [-0.3, -0.25) is 0 Å². The molecule has 2 aromatic rings. The zero-order valence-corrected chi connectivity index (χ0v) is 11.6. The highest BCUT2D eigenvalue weighted by Crippen LogP contribution is 2.26. The molecule has 0 fully saturated rings. The second-order valence-corrected chi connectivity index (χ2v) is 5.04. The lowest BCUT2D eigenvalue weighted by atomic mass is 9.98. The Labute approximate surface area is 116 Å². The minimum Gasteiger partial charge on any atom is -0.309 e. The molecule has 0 heterocycles. The Morgan fingerprint density at radius 3 is 2.26 bits per heavy atom. The molecule has 100 valence electrons. The molecule has 4 heteroatoms. The summed E-state index contributed by atoms with van der Waals surface area (Å²) in [7, 11) is 1.76. The van der Waals surface area contributed by atoms with Gasteiger partial charge in [0, 0.05) is 16.5 Å². The summed E-state index contributed by atoms with van der Waals surface area (Å²) in [5, 5.41) is 3.06. The van der Waals surface area contributed by atoms with Gasteiger partial charge < -0.3 is 5.32 Å². The topological polar surface area (TPSA) is 12.0 Å². The van der Waals surface area contributed by atoms with E-state index in [1.807, 2.05) is 30.5 Å². The maximum atomic E-state index is 13.8. The normalized spacial score (nSPS) is 12.4. The molecule has 0 radical (unpaired) electrons. The average molecular weight is 279 g/mol. The highest BCUT2D eigenvalue weighted by molar-refractivity contribution is 7.98. The van der Waals surface area contributed by atoms with Crippen molar-refractivity contribution in [2.24, 2.45) is 0 Å². The molecule has 0 amide bonds. The van der Waals surface area contributed by atoms with Gasteiger partial charge in [0.05, 0.1) is 6.04 Å². The van der Waals surface area contributed by atoms with Gasteiger partial charge in [-0.2, -0.15) is 0 Å². The van der Waals surface area contributed by atoms with Crippen molar-refractivity contribution in [2.75, 3.05) is 13.3 Å². The first-order valence-electron chi connectivity index (χ1n) is 5.92. The number of benzene rings is 2. The predicted molar refractivity (Wildman–Crippen MR) is 75.5 cm³/mol. The second-order valence-electron chi connectivity index (χ2n) is 4.16. The van der Waals surface area contributed by atoms with Crippen LogP contribution < -0.4 is 5.32 Å². The fourth-order valence-electron chi connectivity index (χ4n) is 2.03. The van der Waals surface area contributed by atoms with Crippen LogP contribution in [0.15, 0.2) is 47.4 Å². The zero-order valence-electron chi connectivity index (χ0n) is 10.8. The van der Waals surface area contributed by atoms with Gasteiger partial charge in [0.1, 0.15) is 11.6 Å². The van der Waals surface area contributed by atoms with Crippen molar-refractivity contribution < 1.29 is 8.78 Å². The summed E-state index contributed by atoms with van der Waals surface area (Å²) in [6.07, 6.45) is 2.00. The van der Waals surface area contributed by atoms with Crippen LogP contribution in [0.5, 0.6) is 0 Å². The molecule has 0 aliphatic carbocycles. The summed E-state index contributed by atoms with van der Waals surface area (Å²) in [5.74, 6) is -1.10. The van der Waals surface area contributed by atoms with E-state index in [9.17, 15) is 8.78 Å². The van der Waals surface area contributed by atoms with Crippen LogP contribution >= 0.6 is 11.8 Å². The molecule has 0 aromatic heterocycles. The molecule has 2 rings (SSSR count). The Kier molecular flexibility index (Phi) is 4.56. The van der Waals surface area contributed by atoms with Gasteiger partial charge in [-0.05, 0) is 37.1 Å². The van der Waals surface area contributed by atoms with Gasteiger partial charge in [-0.1, -0.05) is 18.2 Å². The Bertz CT molecular complexity index is 555. The molecule has 1 unspecified atom stereocenters. The molecule has 1 atom stereocenters. The molecular formula is C15H15F2NS. The molecule has 0 bridgehead atoms. The summed E-state index contributed by atoms with van der Waals surface area (Å²) < 4.78 is 26.8. The standard InChI is InChI=1S/C15H15F2NS/c1-18-15(10-3-6-12(19-2)7-4-10)13-8-5-11(16)9-14(13)17/h3-9,15,18H,1-2H3. The van der Waals surface area contributed by atoms with Gasteiger partial charge >= 0.3 is 0 Å². The van der Waals surface area contributed by atoms with E-state index in [0.29, 0.717) is 5.56 Å². The summed E-state index contributed by atoms with van der Waals surface area (Å²) in [4.78, 5) is 1.15. The van der Waals surface area contributed by atoms with E-state index in [1.165, 1.54) is 12.1 Å². The number of thioether (sulfide) groups is 1. The highest BCUT2D eigenvalue weighted by Gasteiger charge is 2.16. The monoisotopic (exact) mass is 279 g/mol. The molecule has 0 saturated heterocycles. The zero-order chi connectivity index (χ0) is 13.8. The van der Waals surface area contributed by atoms with Gasteiger partial charge in [0.15, 0.2) is 0 Å². The number of nitrogens with one attached hydrogen (secondary N) is 1. The molecule has 0 aliphatic heterocycles. The Morgan fingerprint density at radius 1 is 1.05 bits per heavy atom. The van der Waals surface area contributed by atoms with Crippen LogP contribution in [-0.2, 0) is 0 Å². The second kappa shape index (κ2) is 6.17. The summed E-state index contributed by atoms with van der Waals surface area (Å²) >= 11 is 1.65. The third-order valence-corrected chi connectivity index (χ3v) is 3.75. The fourth-order valence-corrected chi connectivity index (χ4v) is 2.44. The van der Waals surface area contributed by atoms with Gasteiger partial charge in [0.25, 0.3) is 0 Å². The van der Waals surface area contributed by atoms with Crippen LogP contribution in [0, 0.1) is 11.6 Å². The summed E-state index contributed by atoms with van der Waals surface area (Å²) in [6.45, 7) is 0. The number of halogens is 2. The first-order chi connectivity index (χ1) is 9.15. The van der Waals surface area contributed by atoms with E-state index in [-0.39, 0.29) is 6.04 Å². The number of hydrogen-bond acceptors (Lipinski definition) is 2. The lowest BCUT2D eigenvalue weighted by Gasteiger charge is -2.18. The smallest absolute Gasteiger partial charge is 0.131 e. The first-order valence-corrected chi connectivity index (χ1v) is 7.14. The average Bonchev–Trinajstić information content (AvgIpc) is 2.42. The quantitative estimate of drug-likeness (QED) is 0.849. The van der Waals surface area contributed by atoms with Crippen LogP contribution in [0.25, 0.3) is 0 Å². The third-order valence-electron chi connectivity index (χ3n) is 3.01. The van der Waals surface area contributed by atoms with Crippen molar-refractivity contribution in [1.82, 2.24) is 5.32 Å². The third kappa shape index (κ3) is 3.14. The van der Waals surface area contributed by atoms with Crippen molar-refractivity contribution in [3.8, 4) is 0 Å². The van der Waals surface area contributed by atoms with Crippen LogP contribution in [0.1, 0.15) is 17.2 Å². The minimum atomic E-state index is -0.561.